The summed E-state index contributed by atoms with van der Waals surface area (Å²) in [5.74, 6) is 0.769. The summed E-state index contributed by atoms with van der Waals surface area (Å²) in [6, 6.07) is 8.61. The van der Waals surface area contributed by atoms with Crippen LogP contribution in [0.3, 0.4) is 0 Å². The first-order valence-electron chi connectivity index (χ1n) is 10.6. The minimum absolute atomic E-state index is 0.0797. The predicted molar refractivity (Wildman–Crippen MR) is 124 cm³/mol. The summed E-state index contributed by atoms with van der Waals surface area (Å²) in [4.78, 5) is 23.8. The van der Waals surface area contributed by atoms with Gasteiger partial charge in [0.05, 0.1) is 0 Å². The van der Waals surface area contributed by atoms with E-state index in [9.17, 15) is 4.79 Å². The van der Waals surface area contributed by atoms with E-state index in [1.807, 2.05) is 11.8 Å². The highest BCUT2D eigenvalue weighted by atomic mass is 32.1. The SMILES string of the molecule is CCNC(=NCC(=O)N1CCc2sccc2C1)NCCc1c[nH]c2cc(C)ccc12. The average Bonchev–Trinajstić information content (AvgIpc) is 3.37. The molecular weight excluding hydrogens is 394 g/mol. The Hall–Kier alpha value is -2.80. The van der Waals surface area contributed by atoms with E-state index in [0.717, 1.165) is 32.5 Å². The van der Waals surface area contributed by atoms with Crippen LogP contribution in [0.5, 0.6) is 0 Å². The van der Waals surface area contributed by atoms with Crippen molar-refractivity contribution in [2.24, 2.45) is 4.99 Å². The number of hydrogen-bond donors (Lipinski definition) is 3. The van der Waals surface area contributed by atoms with Gasteiger partial charge in [0.1, 0.15) is 6.54 Å². The highest BCUT2D eigenvalue weighted by Crippen LogP contribution is 2.24. The van der Waals surface area contributed by atoms with Gasteiger partial charge in [-0.05, 0) is 60.9 Å². The van der Waals surface area contributed by atoms with Gasteiger partial charge in [-0.25, -0.2) is 4.99 Å². The number of fused-ring (bicyclic) bond motifs is 2. The van der Waals surface area contributed by atoms with Crippen molar-refractivity contribution in [1.82, 2.24) is 20.5 Å². The first kappa shape index (κ1) is 20.5. The van der Waals surface area contributed by atoms with Crippen LogP contribution in [0.15, 0.2) is 40.8 Å². The second-order valence-corrected chi connectivity index (χ2v) is 8.67. The lowest BCUT2D eigenvalue weighted by atomic mass is 10.1. The number of hydrogen-bond acceptors (Lipinski definition) is 3. The molecule has 1 aliphatic rings. The molecule has 0 saturated heterocycles. The molecule has 0 aliphatic carbocycles. The smallest absolute Gasteiger partial charge is 0.244 e. The summed E-state index contributed by atoms with van der Waals surface area (Å²) in [5, 5.41) is 9.97. The molecule has 30 heavy (non-hydrogen) atoms. The number of carbonyl (C=O) groups is 1. The van der Waals surface area contributed by atoms with Gasteiger partial charge < -0.3 is 20.5 Å². The fourth-order valence-corrected chi connectivity index (χ4v) is 4.76. The van der Waals surface area contributed by atoms with E-state index < -0.39 is 0 Å². The third-order valence-corrected chi connectivity index (χ3v) is 6.51. The summed E-state index contributed by atoms with van der Waals surface area (Å²) in [5.41, 5.74) is 4.99. The van der Waals surface area contributed by atoms with Crippen LogP contribution in [0.25, 0.3) is 10.9 Å². The highest BCUT2D eigenvalue weighted by Gasteiger charge is 2.21. The van der Waals surface area contributed by atoms with Gasteiger partial charge in [-0.3, -0.25) is 4.79 Å². The Labute approximate surface area is 181 Å². The zero-order valence-electron chi connectivity index (χ0n) is 17.6. The van der Waals surface area contributed by atoms with E-state index in [4.69, 9.17) is 0 Å². The minimum atomic E-state index is 0.0797. The van der Waals surface area contributed by atoms with Crippen molar-refractivity contribution in [3.05, 3.63) is 57.4 Å². The zero-order chi connectivity index (χ0) is 20.9. The van der Waals surface area contributed by atoms with Crippen molar-refractivity contribution < 1.29 is 4.79 Å². The molecule has 0 atom stereocenters. The average molecular weight is 424 g/mol. The second-order valence-electron chi connectivity index (χ2n) is 7.67. The molecule has 0 fully saturated rings. The molecule has 3 aromatic rings. The second kappa shape index (κ2) is 9.34. The summed E-state index contributed by atoms with van der Waals surface area (Å²) in [6.45, 7) is 7.30. The van der Waals surface area contributed by atoms with Gasteiger partial charge in [-0.2, -0.15) is 0 Å². The van der Waals surface area contributed by atoms with Crippen LogP contribution in [0.4, 0.5) is 0 Å². The van der Waals surface area contributed by atoms with Crippen molar-refractivity contribution in [3.8, 4) is 0 Å². The van der Waals surface area contributed by atoms with Gasteiger partial charge in [-0.1, -0.05) is 12.1 Å². The lowest BCUT2D eigenvalue weighted by Gasteiger charge is -2.26. The molecule has 158 valence electrons. The standard InChI is InChI=1S/C23H29N5OS/c1-3-24-23(25-9-6-17-13-26-20-12-16(2)4-5-19(17)20)27-14-22(29)28-10-7-21-18(15-28)8-11-30-21/h4-5,8,11-13,26H,3,6-7,9-10,14-15H2,1-2H3,(H2,24,25,27). The Kier molecular flexibility index (Phi) is 6.38. The van der Waals surface area contributed by atoms with Gasteiger partial charge >= 0.3 is 0 Å². The largest absolute Gasteiger partial charge is 0.361 e. The van der Waals surface area contributed by atoms with E-state index in [1.54, 1.807) is 11.3 Å². The number of amides is 1. The first-order chi connectivity index (χ1) is 14.6. The normalized spacial score (nSPS) is 14.1. The third kappa shape index (κ3) is 4.67. The van der Waals surface area contributed by atoms with Gasteiger partial charge in [0.25, 0.3) is 0 Å². The van der Waals surface area contributed by atoms with Crippen molar-refractivity contribution in [2.45, 2.75) is 33.2 Å². The number of aromatic amines is 1. The predicted octanol–water partition coefficient (Wildman–Crippen LogP) is 3.22. The molecule has 1 aliphatic heterocycles. The summed E-state index contributed by atoms with van der Waals surface area (Å²) < 4.78 is 0. The highest BCUT2D eigenvalue weighted by molar-refractivity contribution is 7.10. The quantitative estimate of drug-likeness (QED) is 0.421. The van der Waals surface area contributed by atoms with Crippen LogP contribution in [-0.2, 0) is 24.2 Å². The third-order valence-electron chi connectivity index (χ3n) is 5.49. The maximum atomic E-state index is 12.6. The fourth-order valence-electron chi connectivity index (χ4n) is 3.87. The maximum absolute atomic E-state index is 12.6. The van der Waals surface area contributed by atoms with Gasteiger partial charge in [0.15, 0.2) is 5.96 Å². The fraction of sp³-hybridized carbons (Fsp3) is 0.391. The molecule has 7 heteroatoms. The molecule has 0 spiro atoms. The first-order valence-corrected chi connectivity index (χ1v) is 11.4. The van der Waals surface area contributed by atoms with Crippen molar-refractivity contribution in [2.75, 3.05) is 26.2 Å². The number of aromatic nitrogens is 1. The number of benzene rings is 1. The van der Waals surface area contributed by atoms with Crippen molar-refractivity contribution >= 4 is 34.1 Å². The monoisotopic (exact) mass is 423 g/mol. The molecule has 3 heterocycles. The van der Waals surface area contributed by atoms with Gasteiger partial charge in [0, 0.05) is 48.2 Å². The lowest BCUT2D eigenvalue weighted by Crippen LogP contribution is -2.40. The van der Waals surface area contributed by atoms with Crippen LogP contribution < -0.4 is 10.6 Å². The summed E-state index contributed by atoms with van der Waals surface area (Å²) in [6.07, 6.45) is 3.91. The molecule has 0 unspecified atom stereocenters. The van der Waals surface area contributed by atoms with Crippen LogP contribution in [-0.4, -0.2) is 47.9 Å². The maximum Gasteiger partial charge on any atom is 0.244 e. The minimum Gasteiger partial charge on any atom is -0.361 e. The molecule has 6 nitrogen and oxygen atoms in total. The Morgan fingerprint density at radius 1 is 1.30 bits per heavy atom. The Morgan fingerprint density at radius 2 is 2.20 bits per heavy atom. The molecule has 1 amide bonds. The molecule has 0 saturated carbocycles. The Balaban J connectivity index is 1.31. The lowest BCUT2D eigenvalue weighted by molar-refractivity contribution is -0.130. The Bertz CT molecular complexity index is 1050. The van der Waals surface area contributed by atoms with Gasteiger partial charge in [-0.15, -0.1) is 11.3 Å². The van der Waals surface area contributed by atoms with E-state index in [1.165, 1.54) is 32.5 Å². The number of aliphatic imine (C=N–C) groups is 1. The van der Waals surface area contributed by atoms with E-state index in [-0.39, 0.29) is 12.5 Å². The molecule has 3 N–H and O–H groups in total. The van der Waals surface area contributed by atoms with Gasteiger partial charge in [0.2, 0.25) is 5.91 Å². The van der Waals surface area contributed by atoms with Crippen LogP contribution in [0.1, 0.15) is 28.5 Å². The molecule has 0 bridgehead atoms. The number of carbonyl (C=O) groups excluding carboxylic acids is 1. The molecule has 0 radical (unpaired) electrons. The zero-order valence-corrected chi connectivity index (χ0v) is 18.4. The number of H-pyrrole nitrogens is 1. The number of nitrogens with one attached hydrogen (secondary N) is 3. The van der Waals surface area contributed by atoms with Crippen molar-refractivity contribution in [3.63, 3.8) is 0 Å². The van der Waals surface area contributed by atoms with Crippen molar-refractivity contribution in [1.29, 1.82) is 0 Å². The summed E-state index contributed by atoms with van der Waals surface area (Å²) >= 11 is 1.79. The number of guanidine groups is 1. The molecule has 1 aromatic carbocycles. The molecular formula is C23H29N5OS. The van der Waals surface area contributed by atoms with E-state index >= 15 is 0 Å². The number of thiophene rings is 1. The topological polar surface area (TPSA) is 72.5 Å². The number of aryl methyl sites for hydroxylation is 1. The number of nitrogens with zero attached hydrogens (tertiary/aromatic N) is 2. The molecule has 4 rings (SSSR count). The summed E-state index contributed by atoms with van der Waals surface area (Å²) in [7, 11) is 0. The van der Waals surface area contributed by atoms with Crippen LogP contribution >= 0.6 is 11.3 Å². The van der Waals surface area contributed by atoms with E-state index in [2.05, 4.69) is 63.4 Å². The Morgan fingerprint density at radius 3 is 3.07 bits per heavy atom. The molecule has 2 aromatic heterocycles. The number of rotatable bonds is 6. The van der Waals surface area contributed by atoms with Crippen LogP contribution in [0.2, 0.25) is 0 Å². The van der Waals surface area contributed by atoms with E-state index in [0.29, 0.717) is 12.5 Å². The van der Waals surface area contributed by atoms with Crippen LogP contribution in [0, 0.1) is 6.92 Å².